The summed E-state index contributed by atoms with van der Waals surface area (Å²) in [5.74, 6) is -2.00. The lowest BCUT2D eigenvalue weighted by Crippen LogP contribution is -2.22. The maximum atomic E-state index is 13.2. The first-order valence-corrected chi connectivity index (χ1v) is 6.82. The molecule has 1 amide bonds. The third-order valence-electron chi connectivity index (χ3n) is 3.09. The van der Waals surface area contributed by atoms with Crippen LogP contribution in [0.25, 0.3) is 0 Å². The summed E-state index contributed by atoms with van der Waals surface area (Å²) < 4.78 is 51.0. The molecule has 0 spiro atoms. The van der Waals surface area contributed by atoms with Gasteiger partial charge in [0.05, 0.1) is 17.0 Å². The molecule has 132 valence electrons. The van der Waals surface area contributed by atoms with Crippen molar-refractivity contribution >= 4 is 23.0 Å². The van der Waals surface area contributed by atoms with E-state index in [0.29, 0.717) is 12.1 Å². The van der Waals surface area contributed by atoms with E-state index in [9.17, 15) is 32.5 Å². The predicted molar refractivity (Wildman–Crippen MR) is 81.6 cm³/mol. The number of hydrogen-bond donors (Lipinski definition) is 2. The molecule has 10 heteroatoms. The lowest BCUT2D eigenvalue weighted by atomic mass is 10.2. The number of nitrogens with one attached hydrogen (secondary N) is 2. The lowest BCUT2D eigenvalue weighted by Gasteiger charge is -2.12. The Bertz CT molecular complexity index is 792. The lowest BCUT2D eigenvalue weighted by molar-refractivity contribution is -0.384. The normalized spacial score (nSPS) is 11.0. The molecule has 0 aliphatic rings. The molecule has 0 heterocycles. The molecule has 2 aromatic carbocycles. The third-order valence-corrected chi connectivity index (χ3v) is 3.09. The Morgan fingerprint density at radius 3 is 2.24 bits per heavy atom. The number of halogens is 4. The molecule has 0 atom stereocenters. The highest BCUT2D eigenvalue weighted by Crippen LogP contribution is 2.32. The topological polar surface area (TPSA) is 84.3 Å². The standard InChI is InChI=1S/C15H11F4N3O3/c16-13-6-3-10(7-12(13)15(17,18)19)20-8-14(23)21-9-1-4-11(5-2-9)22(24)25/h1-7,20H,8H2,(H,21,23). The van der Waals surface area contributed by atoms with Gasteiger partial charge < -0.3 is 10.6 Å². The Morgan fingerprint density at radius 1 is 1.08 bits per heavy atom. The van der Waals surface area contributed by atoms with Crippen molar-refractivity contribution in [1.82, 2.24) is 0 Å². The summed E-state index contributed by atoms with van der Waals surface area (Å²) in [5, 5.41) is 15.4. The molecule has 0 unspecified atom stereocenters. The average Bonchev–Trinajstić information content (AvgIpc) is 2.53. The number of carbonyl (C=O) groups excluding carboxylic acids is 1. The minimum absolute atomic E-state index is 0.0763. The third kappa shape index (κ3) is 4.90. The minimum Gasteiger partial charge on any atom is -0.376 e. The maximum Gasteiger partial charge on any atom is 0.419 e. The Morgan fingerprint density at radius 2 is 1.68 bits per heavy atom. The molecule has 25 heavy (non-hydrogen) atoms. The van der Waals surface area contributed by atoms with Crippen molar-refractivity contribution in [2.45, 2.75) is 6.18 Å². The van der Waals surface area contributed by atoms with E-state index in [-0.39, 0.29) is 23.6 Å². The highest BCUT2D eigenvalue weighted by atomic mass is 19.4. The van der Waals surface area contributed by atoms with Gasteiger partial charge in [-0.15, -0.1) is 0 Å². The number of hydrogen-bond acceptors (Lipinski definition) is 4. The zero-order valence-corrected chi connectivity index (χ0v) is 12.4. The Balaban J connectivity index is 1.97. The number of nitro groups is 1. The second kappa shape index (κ2) is 7.16. The van der Waals surface area contributed by atoms with Crippen molar-refractivity contribution in [3.05, 3.63) is 64.0 Å². The van der Waals surface area contributed by atoms with Gasteiger partial charge in [-0.1, -0.05) is 0 Å². The van der Waals surface area contributed by atoms with E-state index in [4.69, 9.17) is 0 Å². The fourth-order valence-electron chi connectivity index (χ4n) is 1.91. The number of amides is 1. The summed E-state index contributed by atoms with van der Waals surface area (Å²) in [5.41, 5.74) is -1.38. The molecular formula is C15H11F4N3O3. The first-order valence-electron chi connectivity index (χ1n) is 6.82. The molecular weight excluding hydrogens is 346 g/mol. The van der Waals surface area contributed by atoms with Gasteiger partial charge in [-0.2, -0.15) is 13.2 Å². The van der Waals surface area contributed by atoms with Gasteiger partial charge >= 0.3 is 6.18 Å². The van der Waals surface area contributed by atoms with Crippen molar-refractivity contribution in [3.63, 3.8) is 0 Å². The Labute approximate surface area is 138 Å². The van der Waals surface area contributed by atoms with Gasteiger partial charge in [-0.3, -0.25) is 14.9 Å². The predicted octanol–water partition coefficient (Wildman–Crippen LogP) is 3.80. The minimum atomic E-state index is -4.84. The number of rotatable bonds is 5. The summed E-state index contributed by atoms with van der Waals surface area (Å²) >= 11 is 0. The molecule has 0 aliphatic carbocycles. The number of non-ortho nitro benzene ring substituents is 1. The van der Waals surface area contributed by atoms with Crippen molar-refractivity contribution in [2.24, 2.45) is 0 Å². The second-order valence-corrected chi connectivity index (χ2v) is 4.90. The smallest absolute Gasteiger partial charge is 0.376 e. The highest BCUT2D eigenvalue weighted by Gasteiger charge is 2.34. The van der Waals surface area contributed by atoms with Crippen molar-refractivity contribution in [2.75, 3.05) is 17.2 Å². The van der Waals surface area contributed by atoms with E-state index in [1.54, 1.807) is 0 Å². The first kappa shape index (κ1) is 18.2. The van der Waals surface area contributed by atoms with E-state index >= 15 is 0 Å². The summed E-state index contributed by atoms with van der Waals surface area (Å²) in [4.78, 5) is 21.7. The molecule has 2 rings (SSSR count). The molecule has 0 saturated carbocycles. The van der Waals surface area contributed by atoms with Crippen LogP contribution in [0.3, 0.4) is 0 Å². The monoisotopic (exact) mass is 357 g/mol. The fraction of sp³-hybridized carbons (Fsp3) is 0.133. The van der Waals surface area contributed by atoms with E-state index < -0.39 is 28.4 Å². The zero-order valence-electron chi connectivity index (χ0n) is 12.4. The van der Waals surface area contributed by atoms with Crippen LogP contribution in [0.1, 0.15) is 5.56 Å². The van der Waals surface area contributed by atoms with Crippen molar-refractivity contribution in [1.29, 1.82) is 0 Å². The van der Waals surface area contributed by atoms with Crippen LogP contribution >= 0.6 is 0 Å². The van der Waals surface area contributed by atoms with Crippen LogP contribution in [0.5, 0.6) is 0 Å². The van der Waals surface area contributed by atoms with Gasteiger partial charge in [0.15, 0.2) is 0 Å². The van der Waals surface area contributed by atoms with Gasteiger partial charge in [0.1, 0.15) is 5.82 Å². The summed E-state index contributed by atoms with van der Waals surface area (Å²) in [6, 6.07) is 7.31. The van der Waals surface area contributed by atoms with Gasteiger partial charge in [-0.05, 0) is 30.3 Å². The molecule has 0 aliphatic heterocycles. The van der Waals surface area contributed by atoms with Gasteiger partial charge in [-0.25, -0.2) is 4.39 Å². The second-order valence-electron chi connectivity index (χ2n) is 4.90. The largest absolute Gasteiger partial charge is 0.419 e. The van der Waals surface area contributed by atoms with Crippen LogP contribution < -0.4 is 10.6 Å². The van der Waals surface area contributed by atoms with E-state index in [0.717, 1.165) is 6.07 Å². The molecule has 0 radical (unpaired) electrons. The SMILES string of the molecule is O=C(CNc1ccc(F)c(C(F)(F)F)c1)Nc1ccc([N+](=O)[O-])cc1. The maximum absolute atomic E-state index is 13.2. The van der Waals surface area contributed by atoms with Gasteiger partial charge in [0.2, 0.25) is 5.91 Å². The molecule has 2 N–H and O–H groups in total. The molecule has 0 aromatic heterocycles. The van der Waals surface area contributed by atoms with Crippen LogP contribution in [0, 0.1) is 15.9 Å². The number of benzene rings is 2. The van der Waals surface area contributed by atoms with E-state index in [1.165, 1.54) is 24.3 Å². The number of anilines is 2. The number of nitro benzene ring substituents is 1. The van der Waals surface area contributed by atoms with Crippen LogP contribution in [-0.4, -0.2) is 17.4 Å². The Kier molecular flexibility index (Phi) is 5.20. The fourth-order valence-corrected chi connectivity index (χ4v) is 1.91. The first-order chi connectivity index (χ1) is 11.7. The van der Waals surface area contributed by atoms with Crippen molar-refractivity contribution < 1.29 is 27.3 Å². The molecule has 0 saturated heterocycles. The van der Waals surface area contributed by atoms with Crippen LogP contribution in [-0.2, 0) is 11.0 Å². The zero-order chi connectivity index (χ0) is 18.6. The van der Waals surface area contributed by atoms with Gasteiger partial charge in [0, 0.05) is 23.5 Å². The summed E-state index contributed by atoms with van der Waals surface area (Å²) in [7, 11) is 0. The molecule has 6 nitrogen and oxygen atoms in total. The number of carbonyl (C=O) groups is 1. The van der Waals surface area contributed by atoms with Gasteiger partial charge in [0.25, 0.3) is 5.69 Å². The summed E-state index contributed by atoms with van der Waals surface area (Å²) in [6.07, 6.45) is -4.84. The van der Waals surface area contributed by atoms with Crippen LogP contribution in [0.4, 0.5) is 34.6 Å². The van der Waals surface area contributed by atoms with E-state index in [2.05, 4.69) is 10.6 Å². The van der Waals surface area contributed by atoms with E-state index in [1.807, 2.05) is 0 Å². The Hall–Kier alpha value is -3.17. The number of nitrogens with zero attached hydrogens (tertiary/aromatic N) is 1. The molecule has 0 fully saturated rings. The summed E-state index contributed by atoms with van der Waals surface area (Å²) in [6.45, 7) is -0.375. The quantitative estimate of drug-likeness (QED) is 0.484. The molecule has 0 bridgehead atoms. The van der Waals surface area contributed by atoms with Crippen LogP contribution in [0.2, 0.25) is 0 Å². The highest BCUT2D eigenvalue weighted by molar-refractivity contribution is 5.93. The molecule has 2 aromatic rings. The van der Waals surface area contributed by atoms with Crippen LogP contribution in [0.15, 0.2) is 42.5 Å². The van der Waals surface area contributed by atoms with Crippen molar-refractivity contribution in [3.8, 4) is 0 Å². The average molecular weight is 357 g/mol. The number of alkyl halides is 3.